The summed E-state index contributed by atoms with van der Waals surface area (Å²) in [4.78, 5) is 4.31. The second kappa shape index (κ2) is 10.5. The molecule has 0 heterocycles. The van der Waals surface area contributed by atoms with Gasteiger partial charge in [0.2, 0.25) is 0 Å². The Bertz CT molecular complexity index is 768. The van der Waals surface area contributed by atoms with E-state index in [4.69, 9.17) is 31.5 Å². The summed E-state index contributed by atoms with van der Waals surface area (Å²) in [5.41, 5.74) is 7.04. The van der Waals surface area contributed by atoms with Gasteiger partial charge in [0.15, 0.2) is 17.5 Å². The van der Waals surface area contributed by atoms with Crippen LogP contribution in [0.15, 0.2) is 47.5 Å². The topological polar surface area (TPSA) is 78.1 Å². The Morgan fingerprint density at radius 2 is 1.85 bits per heavy atom. The van der Waals surface area contributed by atoms with Crippen LogP contribution in [0, 0.1) is 0 Å². The van der Waals surface area contributed by atoms with Crippen LogP contribution in [-0.4, -0.2) is 39.4 Å². The van der Waals surface area contributed by atoms with Gasteiger partial charge in [-0.2, -0.15) is 0 Å². The third-order valence-corrected chi connectivity index (χ3v) is 4.16. The van der Waals surface area contributed by atoms with Crippen molar-refractivity contribution >= 4 is 17.6 Å². The predicted octanol–water partition coefficient (Wildman–Crippen LogP) is 3.27. The van der Waals surface area contributed by atoms with E-state index in [-0.39, 0.29) is 6.10 Å². The van der Waals surface area contributed by atoms with Gasteiger partial charge in [0.05, 0.1) is 25.8 Å². The minimum absolute atomic E-state index is 0.143. The summed E-state index contributed by atoms with van der Waals surface area (Å²) in [6, 6.07) is 13.2. The van der Waals surface area contributed by atoms with Gasteiger partial charge in [0.25, 0.3) is 0 Å². The Balaban J connectivity index is 1.78. The van der Waals surface area contributed by atoms with Crippen molar-refractivity contribution in [2.24, 2.45) is 10.7 Å². The van der Waals surface area contributed by atoms with E-state index in [2.05, 4.69) is 10.3 Å². The van der Waals surface area contributed by atoms with E-state index in [0.29, 0.717) is 41.3 Å². The van der Waals surface area contributed by atoms with Crippen molar-refractivity contribution in [2.45, 2.75) is 19.4 Å². The lowest BCUT2D eigenvalue weighted by Gasteiger charge is -2.14. The number of nitrogens with two attached hydrogens (primary N) is 1. The third-order valence-electron chi connectivity index (χ3n) is 3.85. The molecule has 0 aliphatic rings. The number of ether oxygens (including phenoxy) is 3. The Kier molecular flexibility index (Phi) is 8.07. The monoisotopic (exact) mass is 391 g/mol. The SMILES string of the molecule is COc1ccc(CCNC(N)=NCC(C)Oc2ccccc2Cl)cc1OC. The molecule has 3 N–H and O–H groups in total. The van der Waals surface area contributed by atoms with Crippen LogP contribution in [0.4, 0.5) is 0 Å². The third kappa shape index (κ3) is 6.57. The smallest absolute Gasteiger partial charge is 0.188 e. The summed E-state index contributed by atoms with van der Waals surface area (Å²) in [5, 5.41) is 3.68. The molecule has 0 aromatic heterocycles. The maximum Gasteiger partial charge on any atom is 0.188 e. The number of rotatable bonds is 9. The lowest BCUT2D eigenvalue weighted by Crippen LogP contribution is -2.34. The Morgan fingerprint density at radius 1 is 1.11 bits per heavy atom. The molecule has 0 saturated heterocycles. The Labute approximate surface area is 165 Å². The molecule has 0 saturated carbocycles. The first-order valence-electron chi connectivity index (χ1n) is 8.69. The molecule has 6 nitrogen and oxygen atoms in total. The van der Waals surface area contributed by atoms with Crippen molar-refractivity contribution in [3.8, 4) is 17.2 Å². The minimum atomic E-state index is -0.143. The summed E-state index contributed by atoms with van der Waals surface area (Å²) in [6.07, 6.45) is 0.638. The van der Waals surface area contributed by atoms with Gasteiger partial charge in [-0.1, -0.05) is 29.8 Å². The zero-order valence-electron chi connectivity index (χ0n) is 15.9. The highest BCUT2D eigenvalue weighted by Crippen LogP contribution is 2.27. The number of nitrogens with one attached hydrogen (secondary N) is 1. The molecule has 1 unspecified atom stereocenters. The molecule has 2 aromatic rings. The van der Waals surface area contributed by atoms with E-state index in [1.807, 2.05) is 43.3 Å². The zero-order chi connectivity index (χ0) is 19.6. The van der Waals surface area contributed by atoms with Crippen molar-refractivity contribution in [3.05, 3.63) is 53.1 Å². The molecule has 2 rings (SSSR count). The van der Waals surface area contributed by atoms with Crippen molar-refractivity contribution < 1.29 is 14.2 Å². The number of benzene rings is 2. The number of halogens is 1. The van der Waals surface area contributed by atoms with Gasteiger partial charge in [-0.25, -0.2) is 4.99 Å². The average Bonchev–Trinajstić information content (AvgIpc) is 2.68. The van der Waals surface area contributed by atoms with Crippen molar-refractivity contribution in [1.29, 1.82) is 0 Å². The maximum absolute atomic E-state index is 6.08. The second-order valence-electron chi connectivity index (χ2n) is 5.95. The normalized spacial score (nSPS) is 12.4. The van der Waals surface area contributed by atoms with Crippen LogP contribution in [0.25, 0.3) is 0 Å². The zero-order valence-corrected chi connectivity index (χ0v) is 16.6. The Hall–Kier alpha value is -2.60. The molecule has 146 valence electrons. The fraction of sp³-hybridized carbons (Fsp3) is 0.350. The van der Waals surface area contributed by atoms with Crippen molar-refractivity contribution in [1.82, 2.24) is 5.32 Å². The van der Waals surface area contributed by atoms with E-state index >= 15 is 0 Å². The number of hydrogen-bond donors (Lipinski definition) is 2. The van der Waals surface area contributed by atoms with Gasteiger partial charge in [0, 0.05) is 6.54 Å². The Morgan fingerprint density at radius 3 is 2.56 bits per heavy atom. The quantitative estimate of drug-likeness (QED) is 0.506. The molecule has 2 aromatic carbocycles. The summed E-state index contributed by atoms with van der Waals surface area (Å²) < 4.78 is 16.3. The molecular weight excluding hydrogens is 366 g/mol. The van der Waals surface area contributed by atoms with Gasteiger partial charge < -0.3 is 25.3 Å². The molecule has 0 amide bonds. The van der Waals surface area contributed by atoms with E-state index in [0.717, 1.165) is 12.0 Å². The molecule has 0 fully saturated rings. The first-order valence-corrected chi connectivity index (χ1v) is 9.07. The second-order valence-corrected chi connectivity index (χ2v) is 6.36. The fourth-order valence-electron chi connectivity index (χ4n) is 2.45. The van der Waals surface area contributed by atoms with E-state index in [1.165, 1.54) is 0 Å². The number of guanidine groups is 1. The van der Waals surface area contributed by atoms with E-state index < -0.39 is 0 Å². The average molecular weight is 392 g/mol. The van der Waals surface area contributed by atoms with Crippen LogP contribution in [0.1, 0.15) is 12.5 Å². The number of aliphatic imine (C=N–C) groups is 1. The molecule has 27 heavy (non-hydrogen) atoms. The summed E-state index contributed by atoms with van der Waals surface area (Å²) in [7, 11) is 3.24. The summed E-state index contributed by atoms with van der Waals surface area (Å²) in [5.74, 6) is 2.44. The molecule has 0 spiro atoms. The number of para-hydroxylation sites is 1. The highest BCUT2D eigenvalue weighted by Gasteiger charge is 2.07. The van der Waals surface area contributed by atoms with Crippen LogP contribution < -0.4 is 25.3 Å². The van der Waals surface area contributed by atoms with Crippen molar-refractivity contribution in [3.63, 3.8) is 0 Å². The lowest BCUT2D eigenvalue weighted by atomic mass is 10.1. The van der Waals surface area contributed by atoms with Crippen LogP contribution in [-0.2, 0) is 6.42 Å². The van der Waals surface area contributed by atoms with Gasteiger partial charge in [-0.15, -0.1) is 0 Å². The highest BCUT2D eigenvalue weighted by molar-refractivity contribution is 6.32. The van der Waals surface area contributed by atoms with Crippen LogP contribution in [0.3, 0.4) is 0 Å². The first-order chi connectivity index (χ1) is 13.0. The van der Waals surface area contributed by atoms with E-state index in [9.17, 15) is 0 Å². The largest absolute Gasteiger partial charge is 0.493 e. The highest BCUT2D eigenvalue weighted by atomic mass is 35.5. The summed E-state index contributed by atoms with van der Waals surface area (Å²) >= 11 is 6.08. The number of nitrogens with zero attached hydrogens (tertiary/aromatic N) is 1. The number of hydrogen-bond acceptors (Lipinski definition) is 4. The van der Waals surface area contributed by atoms with Crippen LogP contribution >= 0.6 is 11.6 Å². The molecular formula is C20H26ClN3O3. The maximum atomic E-state index is 6.08. The fourth-order valence-corrected chi connectivity index (χ4v) is 2.63. The van der Waals surface area contributed by atoms with Gasteiger partial charge >= 0.3 is 0 Å². The first kappa shape index (κ1) is 20.7. The molecule has 0 radical (unpaired) electrons. The lowest BCUT2D eigenvalue weighted by molar-refractivity contribution is 0.230. The van der Waals surface area contributed by atoms with Gasteiger partial charge in [-0.05, 0) is 43.2 Å². The van der Waals surface area contributed by atoms with Crippen LogP contribution in [0.5, 0.6) is 17.2 Å². The van der Waals surface area contributed by atoms with Crippen LogP contribution in [0.2, 0.25) is 5.02 Å². The molecule has 0 aliphatic carbocycles. The molecule has 0 aliphatic heterocycles. The minimum Gasteiger partial charge on any atom is -0.493 e. The van der Waals surface area contributed by atoms with Gasteiger partial charge in [-0.3, -0.25) is 0 Å². The summed E-state index contributed by atoms with van der Waals surface area (Å²) in [6.45, 7) is 3.01. The van der Waals surface area contributed by atoms with E-state index in [1.54, 1.807) is 20.3 Å². The molecule has 7 heteroatoms. The molecule has 1 atom stereocenters. The standard InChI is InChI=1S/C20H26ClN3O3/c1-14(27-17-7-5-4-6-16(17)21)13-24-20(22)23-11-10-15-8-9-18(25-2)19(12-15)26-3/h4-9,12,14H,10-11,13H2,1-3H3,(H3,22,23,24). The predicted molar refractivity (Wildman–Crippen MR) is 109 cm³/mol. The molecule has 0 bridgehead atoms. The number of methoxy groups -OCH3 is 2. The van der Waals surface area contributed by atoms with Crippen molar-refractivity contribution in [2.75, 3.05) is 27.3 Å². The van der Waals surface area contributed by atoms with Gasteiger partial charge in [0.1, 0.15) is 11.9 Å².